The van der Waals surface area contributed by atoms with Crippen LogP contribution < -0.4 is 4.74 Å². The minimum Gasteiger partial charge on any atom is -0.497 e. The van der Waals surface area contributed by atoms with Crippen LogP contribution in [0.3, 0.4) is 0 Å². The molecule has 0 aliphatic rings. The van der Waals surface area contributed by atoms with Crippen LogP contribution in [0.1, 0.15) is 11.1 Å². The Morgan fingerprint density at radius 1 is 1.00 bits per heavy atom. The zero-order valence-electron chi connectivity index (χ0n) is 10.9. The Hall–Kier alpha value is -2.03. The average Bonchev–Trinajstić information content (AvgIpc) is 2.54. The van der Waals surface area contributed by atoms with Crippen LogP contribution in [0.4, 0.5) is 0 Å². The van der Waals surface area contributed by atoms with E-state index in [1.165, 1.54) is 0 Å². The normalized spacial score (nSPS) is 13.7. The molecule has 2 unspecified atom stereocenters. The van der Waals surface area contributed by atoms with Gasteiger partial charge in [0.05, 0.1) is 7.11 Å². The molecule has 102 valence electrons. The smallest absolute Gasteiger partial charge is 0.495 e. The van der Waals surface area contributed by atoms with Gasteiger partial charge in [-0.05, 0) is 16.7 Å². The summed E-state index contributed by atoms with van der Waals surface area (Å²) in [7, 11) is 0.516. The number of carbonyl (C=O) groups excluding carboxylic acids is 1. The van der Waals surface area contributed by atoms with Crippen molar-refractivity contribution < 1.29 is 18.6 Å². The molecular formula is C15H14O4P+. The van der Waals surface area contributed by atoms with E-state index in [-0.39, 0.29) is 0 Å². The Balaban J connectivity index is 2.56. The molecule has 0 aliphatic carbocycles. The van der Waals surface area contributed by atoms with Crippen LogP contribution >= 0.6 is 8.69 Å². The quantitative estimate of drug-likeness (QED) is 0.605. The van der Waals surface area contributed by atoms with E-state index in [0.717, 1.165) is 0 Å². The summed E-state index contributed by atoms with van der Waals surface area (Å²) < 4.78 is 21.4. The molecule has 0 saturated heterocycles. The molecule has 20 heavy (non-hydrogen) atoms. The van der Waals surface area contributed by atoms with Gasteiger partial charge >= 0.3 is 8.69 Å². The second-order valence-corrected chi connectivity index (χ2v) is 4.50. The Morgan fingerprint density at radius 3 is 2.10 bits per heavy atom. The molecule has 0 N–H and O–H groups in total. The summed E-state index contributed by atoms with van der Waals surface area (Å²) in [5, 5.41) is 0. The highest BCUT2D eigenvalue weighted by Gasteiger charge is 2.40. The van der Waals surface area contributed by atoms with Gasteiger partial charge in [-0.3, -0.25) is 4.79 Å². The third kappa shape index (κ3) is 2.62. The van der Waals surface area contributed by atoms with Crippen molar-refractivity contribution in [3.05, 3.63) is 65.7 Å². The fraction of sp³-hybridized carbons (Fsp3) is 0.133. The summed E-state index contributed by atoms with van der Waals surface area (Å²) in [5.41, 5.74) is -0.139. The number of benzene rings is 2. The predicted octanol–water partition coefficient (Wildman–Crippen LogP) is 3.09. The summed E-state index contributed by atoms with van der Waals surface area (Å²) in [6, 6.07) is 15.9. The maximum atomic E-state index is 11.7. The molecule has 0 aromatic heterocycles. The highest BCUT2D eigenvalue weighted by molar-refractivity contribution is 7.17. The van der Waals surface area contributed by atoms with Crippen LogP contribution in [0.25, 0.3) is 0 Å². The molecular weight excluding hydrogens is 275 g/mol. The molecule has 0 heterocycles. The van der Waals surface area contributed by atoms with Crippen molar-refractivity contribution >= 4 is 15.0 Å². The standard InChI is InChI=1S/C15H14O4P/c1-18-14-9-7-13(8-10-14)15(11-16,19-20-17)12-5-3-2-4-6-12/h2-11,20H,1H3/q+1. The second-order valence-electron chi connectivity index (χ2n) is 4.13. The molecule has 0 spiro atoms. The van der Waals surface area contributed by atoms with E-state index in [1.54, 1.807) is 55.6 Å². The van der Waals surface area contributed by atoms with Gasteiger partial charge in [0, 0.05) is 11.1 Å². The molecule has 0 saturated carbocycles. The van der Waals surface area contributed by atoms with E-state index in [0.29, 0.717) is 23.2 Å². The van der Waals surface area contributed by atoms with Gasteiger partial charge in [0.15, 0.2) is 6.29 Å². The highest BCUT2D eigenvalue weighted by Crippen LogP contribution is 2.35. The summed E-state index contributed by atoms with van der Waals surface area (Å²) in [6.45, 7) is 0. The Labute approximate surface area is 118 Å². The van der Waals surface area contributed by atoms with Crippen molar-refractivity contribution in [3.8, 4) is 5.75 Å². The first-order chi connectivity index (χ1) is 9.76. The third-order valence-electron chi connectivity index (χ3n) is 3.09. The van der Waals surface area contributed by atoms with Crippen molar-refractivity contribution in [2.24, 2.45) is 0 Å². The minimum atomic E-state index is -1.37. The lowest BCUT2D eigenvalue weighted by Crippen LogP contribution is -2.30. The largest absolute Gasteiger partial charge is 0.497 e. The average molecular weight is 289 g/mol. The summed E-state index contributed by atoms with van der Waals surface area (Å²) in [4.78, 5) is 11.7. The molecule has 0 bridgehead atoms. The van der Waals surface area contributed by atoms with Crippen molar-refractivity contribution in [3.63, 3.8) is 0 Å². The lowest BCUT2D eigenvalue weighted by Gasteiger charge is -2.22. The fourth-order valence-corrected chi connectivity index (χ4v) is 2.45. The first-order valence-corrected chi connectivity index (χ1v) is 6.80. The lowest BCUT2D eigenvalue weighted by atomic mass is 9.88. The van der Waals surface area contributed by atoms with Crippen molar-refractivity contribution in [1.29, 1.82) is 0 Å². The van der Waals surface area contributed by atoms with E-state index in [1.807, 2.05) is 6.07 Å². The van der Waals surface area contributed by atoms with Crippen LogP contribution in [0.2, 0.25) is 0 Å². The van der Waals surface area contributed by atoms with E-state index in [9.17, 15) is 9.36 Å². The molecule has 0 aliphatic heterocycles. The Kier molecular flexibility index (Phi) is 4.61. The van der Waals surface area contributed by atoms with Crippen LogP contribution in [0.15, 0.2) is 54.6 Å². The van der Waals surface area contributed by atoms with Crippen molar-refractivity contribution in [2.45, 2.75) is 5.60 Å². The monoisotopic (exact) mass is 289 g/mol. The van der Waals surface area contributed by atoms with Gasteiger partial charge in [-0.15, -0.1) is 4.52 Å². The molecule has 2 atom stereocenters. The summed E-state index contributed by atoms with van der Waals surface area (Å²) >= 11 is 0. The first-order valence-electron chi connectivity index (χ1n) is 5.98. The topological polar surface area (TPSA) is 52.6 Å². The number of carbonyl (C=O) groups is 1. The SMILES string of the molecule is COc1ccc(C(C=O)(O[PH+]=O)c2ccccc2)cc1. The van der Waals surface area contributed by atoms with Crippen LogP contribution in [0.5, 0.6) is 5.75 Å². The van der Waals surface area contributed by atoms with Gasteiger partial charge in [0.1, 0.15) is 5.75 Å². The molecule has 0 radical (unpaired) electrons. The molecule has 2 aromatic carbocycles. The van der Waals surface area contributed by atoms with Crippen molar-refractivity contribution in [1.82, 2.24) is 0 Å². The number of methoxy groups -OCH3 is 1. The number of hydrogen-bond acceptors (Lipinski definition) is 4. The molecule has 2 rings (SSSR count). The number of aldehydes is 1. The maximum Gasteiger partial charge on any atom is 0.495 e. The van der Waals surface area contributed by atoms with Crippen LogP contribution in [0, 0.1) is 0 Å². The second kappa shape index (κ2) is 6.42. The number of rotatable bonds is 6. The van der Waals surface area contributed by atoms with Gasteiger partial charge in [0.2, 0.25) is 5.60 Å². The van der Waals surface area contributed by atoms with Gasteiger partial charge in [0.25, 0.3) is 0 Å². The van der Waals surface area contributed by atoms with Crippen LogP contribution in [-0.4, -0.2) is 13.4 Å². The summed E-state index contributed by atoms with van der Waals surface area (Å²) in [5.74, 6) is 0.672. The van der Waals surface area contributed by atoms with Gasteiger partial charge < -0.3 is 4.74 Å². The maximum absolute atomic E-state index is 11.7. The minimum absolute atomic E-state index is 0.600. The van der Waals surface area contributed by atoms with Crippen molar-refractivity contribution in [2.75, 3.05) is 7.11 Å². The van der Waals surface area contributed by atoms with E-state index in [2.05, 4.69) is 0 Å². The number of ether oxygens (including phenoxy) is 1. The predicted molar refractivity (Wildman–Crippen MR) is 76.4 cm³/mol. The Bertz CT molecular complexity index is 583. The first kappa shape index (κ1) is 14.4. The van der Waals surface area contributed by atoms with E-state index in [4.69, 9.17) is 9.26 Å². The fourth-order valence-electron chi connectivity index (χ4n) is 2.03. The van der Waals surface area contributed by atoms with E-state index < -0.39 is 14.3 Å². The molecule has 4 nitrogen and oxygen atoms in total. The third-order valence-corrected chi connectivity index (χ3v) is 3.50. The van der Waals surface area contributed by atoms with Gasteiger partial charge in [-0.25, -0.2) is 0 Å². The molecule has 0 fully saturated rings. The zero-order chi connectivity index (χ0) is 14.4. The van der Waals surface area contributed by atoms with Gasteiger partial charge in [-0.2, -0.15) is 0 Å². The van der Waals surface area contributed by atoms with Crippen LogP contribution in [-0.2, 0) is 19.5 Å². The molecule has 5 heteroatoms. The highest BCUT2D eigenvalue weighted by atomic mass is 31.1. The summed E-state index contributed by atoms with van der Waals surface area (Å²) in [6.07, 6.45) is 0.662. The zero-order valence-corrected chi connectivity index (χ0v) is 11.9. The lowest BCUT2D eigenvalue weighted by molar-refractivity contribution is -0.118. The number of hydrogen-bond donors (Lipinski definition) is 0. The molecule has 0 amide bonds. The van der Waals surface area contributed by atoms with E-state index >= 15 is 0 Å². The van der Waals surface area contributed by atoms with Gasteiger partial charge in [-0.1, -0.05) is 42.5 Å². The molecule has 2 aromatic rings. The Morgan fingerprint density at radius 2 is 1.60 bits per heavy atom.